The Bertz CT molecular complexity index is 1710. The Balaban J connectivity index is 1.61. The second-order valence-corrected chi connectivity index (χ2v) is 9.19. The molecule has 9 nitrogen and oxygen atoms in total. The number of halogens is 1. The van der Waals surface area contributed by atoms with Gasteiger partial charge < -0.3 is 20.4 Å². The zero-order valence-electron chi connectivity index (χ0n) is 21.0. The third kappa shape index (κ3) is 4.67. The van der Waals surface area contributed by atoms with Crippen LogP contribution in [0.15, 0.2) is 73.2 Å². The number of fused-ring (bicyclic) bond motifs is 1. The van der Waals surface area contributed by atoms with Crippen molar-refractivity contribution in [2.45, 2.75) is 13.8 Å². The summed E-state index contributed by atoms with van der Waals surface area (Å²) in [5, 5.41) is 3.91. The average Bonchev–Trinajstić information content (AvgIpc) is 3.19. The summed E-state index contributed by atoms with van der Waals surface area (Å²) in [5.74, 6) is 0.533. The quantitative estimate of drug-likeness (QED) is 0.263. The molecule has 5 aromatic rings. The Kier molecular flexibility index (Phi) is 6.52. The topological polar surface area (TPSA) is 121 Å². The molecule has 0 fully saturated rings. The lowest BCUT2D eigenvalue weighted by molar-refractivity contribution is -0.112. The number of hydrogen-bond acceptors (Lipinski definition) is 7. The first kappa shape index (κ1) is 24.9. The lowest BCUT2D eigenvalue weighted by atomic mass is 9.98. The fraction of sp³-hybridized carbons (Fsp3) is 0.107. The molecule has 0 aliphatic rings. The van der Waals surface area contributed by atoms with E-state index >= 15 is 0 Å². The van der Waals surface area contributed by atoms with Gasteiger partial charge >= 0.3 is 6.01 Å². The van der Waals surface area contributed by atoms with E-state index in [0.29, 0.717) is 38.9 Å². The van der Waals surface area contributed by atoms with Gasteiger partial charge in [0.25, 0.3) is 5.91 Å². The first-order valence-electron chi connectivity index (χ1n) is 11.7. The molecule has 38 heavy (non-hydrogen) atoms. The Morgan fingerprint density at radius 2 is 1.82 bits per heavy atom. The number of nitrogens with zero attached hydrogens (tertiary/aromatic N) is 5. The molecule has 10 heteroatoms. The molecule has 0 atom stereocenters. The number of carbonyl (C=O) groups excluding carboxylic acids is 1. The van der Waals surface area contributed by atoms with Gasteiger partial charge in [0.05, 0.1) is 16.1 Å². The summed E-state index contributed by atoms with van der Waals surface area (Å²) < 4.78 is 7.79. The monoisotopic (exact) mass is 525 g/mol. The third-order valence-corrected chi connectivity index (χ3v) is 6.29. The number of benzene rings is 2. The highest BCUT2D eigenvalue weighted by molar-refractivity contribution is 6.32. The van der Waals surface area contributed by atoms with Gasteiger partial charge in [-0.1, -0.05) is 36.4 Å². The highest BCUT2D eigenvalue weighted by atomic mass is 35.5. The van der Waals surface area contributed by atoms with Crippen LogP contribution in [0.5, 0.6) is 11.8 Å². The Morgan fingerprint density at radius 3 is 2.50 bits per heavy atom. The van der Waals surface area contributed by atoms with Gasteiger partial charge in [0.1, 0.15) is 23.5 Å². The van der Waals surface area contributed by atoms with Crippen LogP contribution in [0.3, 0.4) is 0 Å². The molecule has 0 saturated carbocycles. The standard InChI is InChI=1S/C28H24ClN7O2/c1-15(2)27(37)35-19-8-5-17(6-9-19)24-22(23-25(30)32-14-33-26(23)36(24)4)18-7-10-21(20(29)13-18)38-28-31-12-11-16(3)34-28/h5-14H,1H2,2-4H3,(H,35,37)(H2,30,32,33). The van der Waals surface area contributed by atoms with Crippen molar-refractivity contribution in [2.24, 2.45) is 7.05 Å². The van der Waals surface area contributed by atoms with E-state index < -0.39 is 0 Å². The summed E-state index contributed by atoms with van der Waals surface area (Å²) >= 11 is 6.66. The molecule has 2 aromatic carbocycles. The van der Waals surface area contributed by atoms with E-state index in [1.165, 1.54) is 6.33 Å². The molecule has 190 valence electrons. The van der Waals surface area contributed by atoms with Crippen LogP contribution in [0.4, 0.5) is 11.5 Å². The Hall–Kier alpha value is -4.76. The largest absolute Gasteiger partial charge is 0.423 e. The van der Waals surface area contributed by atoms with E-state index in [9.17, 15) is 4.79 Å². The van der Waals surface area contributed by atoms with Crippen LogP contribution in [-0.4, -0.2) is 30.4 Å². The number of nitrogen functional groups attached to an aromatic ring is 1. The van der Waals surface area contributed by atoms with E-state index in [-0.39, 0.29) is 11.9 Å². The molecule has 0 spiro atoms. The van der Waals surface area contributed by atoms with E-state index in [2.05, 4.69) is 31.8 Å². The number of aryl methyl sites for hydroxylation is 2. The van der Waals surface area contributed by atoms with Crippen LogP contribution in [0.2, 0.25) is 5.02 Å². The summed E-state index contributed by atoms with van der Waals surface area (Å²) in [7, 11) is 1.92. The van der Waals surface area contributed by atoms with Crippen LogP contribution >= 0.6 is 11.6 Å². The first-order valence-corrected chi connectivity index (χ1v) is 12.0. The number of carbonyl (C=O) groups is 1. The number of anilines is 2. The highest BCUT2D eigenvalue weighted by Crippen LogP contribution is 2.43. The van der Waals surface area contributed by atoms with Crippen molar-refractivity contribution >= 4 is 40.0 Å². The lowest BCUT2D eigenvalue weighted by Crippen LogP contribution is -2.11. The number of aromatic nitrogens is 5. The normalized spacial score (nSPS) is 10.9. The number of hydrogen-bond donors (Lipinski definition) is 2. The second kappa shape index (κ2) is 9.95. The molecule has 3 aromatic heterocycles. The molecule has 1 amide bonds. The van der Waals surface area contributed by atoms with Crippen LogP contribution in [0.25, 0.3) is 33.4 Å². The summed E-state index contributed by atoms with van der Waals surface area (Å²) in [4.78, 5) is 29.2. The van der Waals surface area contributed by atoms with Crippen LogP contribution < -0.4 is 15.8 Å². The maximum atomic E-state index is 12.0. The number of nitrogens with one attached hydrogen (secondary N) is 1. The van der Waals surface area contributed by atoms with Gasteiger partial charge in [0.2, 0.25) is 0 Å². The molecule has 3 N–H and O–H groups in total. The van der Waals surface area contributed by atoms with Crippen molar-refractivity contribution in [2.75, 3.05) is 11.1 Å². The predicted octanol–water partition coefficient (Wildman–Crippen LogP) is 5.94. The fourth-order valence-corrected chi connectivity index (χ4v) is 4.38. The molecule has 5 rings (SSSR count). The van der Waals surface area contributed by atoms with E-state index in [0.717, 1.165) is 28.1 Å². The molecule has 0 unspecified atom stereocenters. The summed E-state index contributed by atoms with van der Waals surface area (Å²) in [5.41, 5.74) is 12.3. The number of amides is 1. The molecular weight excluding hydrogens is 502 g/mol. The summed E-state index contributed by atoms with van der Waals surface area (Å²) in [6.45, 7) is 7.19. The van der Waals surface area contributed by atoms with Gasteiger partial charge in [0, 0.05) is 35.8 Å². The minimum absolute atomic E-state index is 0.210. The maximum absolute atomic E-state index is 12.0. The number of ether oxygens (including phenoxy) is 1. The smallest absolute Gasteiger partial charge is 0.322 e. The molecular formula is C28H24ClN7O2. The fourth-order valence-electron chi connectivity index (χ4n) is 4.16. The van der Waals surface area contributed by atoms with Gasteiger partial charge in [0.15, 0.2) is 0 Å². The molecule has 0 saturated heterocycles. The van der Waals surface area contributed by atoms with E-state index in [1.807, 2.05) is 48.9 Å². The number of rotatable bonds is 6. The van der Waals surface area contributed by atoms with Crippen molar-refractivity contribution in [1.82, 2.24) is 24.5 Å². The van der Waals surface area contributed by atoms with E-state index in [1.54, 1.807) is 31.3 Å². The van der Waals surface area contributed by atoms with Crippen LogP contribution in [0, 0.1) is 6.92 Å². The Labute approximate surface area is 224 Å². The van der Waals surface area contributed by atoms with Crippen LogP contribution in [0.1, 0.15) is 12.6 Å². The SMILES string of the molecule is C=C(C)C(=O)Nc1ccc(-c2c(-c3ccc(Oc4nccc(C)n4)c(Cl)c3)c3c(N)ncnc3n2C)cc1. The molecule has 0 aliphatic heterocycles. The highest BCUT2D eigenvalue weighted by Gasteiger charge is 2.22. The molecule has 0 radical (unpaired) electrons. The summed E-state index contributed by atoms with van der Waals surface area (Å²) in [6.07, 6.45) is 3.06. The third-order valence-electron chi connectivity index (χ3n) is 5.99. The molecule has 0 bridgehead atoms. The molecule has 3 heterocycles. The van der Waals surface area contributed by atoms with Gasteiger partial charge in [-0.15, -0.1) is 0 Å². The van der Waals surface area contributed by atoms with Crippen molar-refractivity contribution < 1.29 is 9.53 Å². The molecule has 0 aliphatic carbocycles. The van der Waals surface area contributed by atoms with Crippen LogP contribution in [-0.2, 0) is 11.8 Å². The van der Waals surface area contributed by atoms with Crippen molar-refractivity contribution in [1.29, 1.82) is 0 Å². The summed E-state index contributed by atoms with van der Waals surface area (Å²) in [6, 6.07) is 15.0. The second-order valence-electron chi connectivity index (χ2n) is 8.78. The zero-order valence-corrected chi connectivity index (χ0v) is 21.7. The van der Waals surface area contributed by atoms with Gasteiger partial charge in [-0.2, -0.15) is 0 Å². The van der Waals surface area contributed by atoms with Gasteiger partial charge in [-0.25, -0.2) is 19.9 Å². The van der Waals surface area contributed by atoms with Crippen molar-refractivity contribution in [3.8, 4) is 34.1 Å². The lowest BCUT2D eigenvalue weighted by Gasteiger charge is -2.12. The predicted molar refractivity (Wildman–Crippen MR) is 149 cm³/mol. The Morgan fingerprint density at radius 1 is 1.08 bits per heavy atom. The average molecular weight is 526 g/mol. The first-order chi connectivity index (χ1) is 18.2. The van der Waals surface area contributed by atoms with Crippen molar-refractivity contribution in [3.63, 3.8) is 0 Å². The van der Waals surface area contributed by atoms with Crippen molar-refractivity contribution in [3.05, 3.63) is 83.9 Å². The number of nitrogens with two attached hydrogens (primary N) is 1. The zero-order chi connectivity index (χ0) is 27.0. The van der Waals surface area contributed by atoms with Gasteiger partial charge in [-0.3, -0.25) is 4.79 Å². The minimum atomic E-state index is -0.237. The van der Waals surface area contributed by atoms with E-state index in [4.69, 9.17) is 22.1 Å². The maximum Gasteiger partial charge on any atom is 0.322 e. The van der Waals surface area contributed by atoms with Gasteiger partial charge in [-0.05, 0) is 55.3 Å². The minimum Gasteiger partial charge on any atom is -0.423 e.